The largest absolute Gasteiger partial charge is 0.405 e. The zero-order chi connectivity index (χ0) is 18.8. The van der Waals surface area contributed by atoms with Crippen LogP contribution in [0.5, 0.6) is 0 Å². The Balaban J connectivity index is 0.00000261. The lowest BCUT2D eigenvalue weighted by atomic mass is 9.70. The molecule has 2 unspecified atom stereocenters. The first-order valence-electron chi connectivity index (χ1n) is 9.20. The zero-order valence-corrected chi connectivity index (χ0v) is 16.3. The minimum Gasteiger partial charge on any atom is -0.353 e. The molecule has 0 radical (unpaired) electrons. The molecule has 1 aliphatic carbocycles. The van der Waals surface area contributed by atoms with Crippen molar-refractivity contribution in [1.82, 2.24) is 15.5 Å². The molecule has 1 aromatic rings. The van der Waals surface area contributed by atoms with Gasteiger partial charge in [-0.1, -0.05) is 24.3 Å². The maximum absolute atomic E-state index is 13.5. The minimum atomic E-state index is -4.37. The van der Waals surface area contributed by atoms with Crippen molar-refractivity contribution in [2.24, 2.45) is 0 Å². The SMILES string of the molecule is CC1(C(=O)NCC(N2CCNCC2)C(F)(F)F)CCCc2ccccc21.Cl. The van der Waals surface area contributed by atoms with E-state index < -0.39 is 24.2 Å². The molecule has 1 aromatic carbocycles. The second-order valence-electron chi connectivity index (χ2n) is 7.40. The van der Waals surface area contributed by atoms with Crippen LogP contribution in [0.1, 0.15) is 30.9 Å². The van der Waals surface area contributed by atoms with Crippen molar-refractivity contribution in [1.29, 1.82) is 0 Å². The van der Waals surface area contributed by atoms with Gasteiger partial charge in [-0.3, -0.25) is 9.69 Å². The van der Waals surface area contributed by atoms with Gasteiger partial charge >= 0.3 is 6.18 Å². The molecule has 2 aliphatic rings. The van der Waals surface area contributed by atoms with Gasteiger partial charge in [0.1, 0.15) is 6.04 Å². The van der Waals surface area contributed by atoms with Crippen LogP contribution in [0, 0.1) is 0 Å². The molecule has 1 heterocycles. The molecule has 8 heteroatoms. The third-order valence-corrected chi connectivity index (χ3v) is 5.66. The number of piperazine rings is 1. The average molecular weight is 406 g/mol. The van der Waals surface area contributed by atoms with E-state index in [1.165, 1.54) is 4.90 Å². The summed E-state index contributed by atoms with van der Waals surface area (Å²) in [6.45, 7) is 3.17. The molecule has 1 fully saturated rings. The number of fused-ring (bicyclic) bond motifs is 1. The highest BCUT2D eigenvalue weighted by Gasteiger charge is 2.45. The molecule has 0 spiro atoms. The first kappa shape index (κ1) is 22.0. The summed E-state index contributed by atoms with van der Waals surface area (Å²) in [4.78, 5) is 14.3. The Morgan fingerprint density at radius 3 is 2.63 bits per heavy atom. The molecule has 2 N–H and O–H groups in total. The van der Waals surface area contributed by atoms with Crippen LogP contribution in [0.3, 0.4) is 0 Å². The van der Waals surface area contributed by atoms with Gasteiger partial charge in [0, 0.05) is 32.7 Å². The fourth-order valence-corrected chi connectivity index (χ4v) is 4.11. The van der Waals surface area contributed by atoms with E-state index in [1.54, 1.807) is 0 Å². The summed E-state index contributed by atoms with van der Waals surface area (Å²) < 4.78 is 40.6. The smallest absolute Gasteiger partial charge is 0.353 e. The molecule has 4 nitrogen and oxygen atoms in total. The van der Waals surface area contributed by atoms with Gasteiger partial charge in [-0.25, -0.2) is 0 Å². The zero-order valence-electron chi connectivity index (χ0n) is 15.4. The number of aryl methyl sites for hydroxylation is 1. The first-order valence-corrected chi connectivity index (χ1v) is 9.20. The first-order chi connectivity index (χ1) is 12.3. The van der Waals surface area contributed by atoms with Crippen LogP contribution in [0.4, 0.5) is 13.2 Å². The summed E-state index contributed by atoms with van der Waals surface area (Å²) in [5, 5.41) is 5.67. The highest BCUT2D eigenvalue weighted by Crippen LogP contribution is 2.37. The lowest BCUT2D eigenvalue weighted by Gasteiger charge is -2.38. The van der Waals surface area contributed by atoms with Gasteiger partial charge in [-0.15, -0.1) is 12.4 Å². The predicted octanol–water partition coefficient (Wildman–Crippen LogP) is 2.65. The van der Waals surface area contributed by atoms with Crippen molar-refractivity contribution in [3.05, 3.63) is 35.4 Å². The fraction of sp³-hybridized carbons (Fsp3) is 0.632. The fourth-order valence-electron chi connectivity index (χ4n) is 4.11. The van der Waals surface area contributed by atoms with E-state index in [1.807, 2.05) is 31.2 Å². The van der Waals surface area contributed by atoms with Crippen LogP contribution < -0.4 is 10.6 Å². The van der Waals surface area contributed by atoms with Gasteiger partial charge in [0.25, 0.3) is 0 Å². The Bertz CT molecular complexity index is 649. The Hall–Kier alpha value is -1.31. The number of benzene rings is 1. The van der Waals surface area contributed by atoms with Gasteiger partial charge in [-0.05, 0) is 37.3 Å². The summed E-state index contributed by atoms with van der Waals surface area (Å²) in [5.41, 5.74) is 1.29. The maximum Gasteiger partial charge on any atom is 0.405 e. The quantitative estimate of drug-likeness (QED) is 0.809. The molecule has 0 bridgehead atoms. The maximum atomic E-state index is 13.5. The van der Waals surface area contributed by atoms with Gasteiger partial charge in [0.05, 0.1) is 5.41 Å². The Morgan fingerprint density at radius 2 is 1.96 bits per heavy atom. The lowest BCUT2D eigenvalue weighted by molar-refractivity contribution is -0.184. The number of carbonyl (C=O) groups is 1. The molecule has 1 amide bonds. The third kappa shape index (κ3) is 4.76. The van der Waals surface area contributed by atoms with Gasteiger partial charge in [0.2, 0.25) is 5.91 Å². The Labute approximate surface area is 164 Å². The van der Waals surface area contributed by atoms with Crippen LogP contribution in [0.2, 0.25) is 0 Å². The molecule has 2 atom stereocenters. The number of nitrogens with one attached hydrogen (secondary N) is 2. The standard InChI is InChI=1S/C19H26F3N3O.ClH/c1-18(8-4-6-14-5-2-3-7-15(14)18)17(26)24-13-16(19(20,21)22)25-11-9-23-10-12-25;/h2-3,5,7,16,23H,4,6,8-13H2,1H3,(H,24,26);1H. The summed E-state index contributed by atoms with van der Waals surface area (Å²) >= 11 is 0. The van der Waals surface area contributed by atoms with E-state index in [0.717, 1.165) is 24.0 Å². The molecule has 152 valence electrons. The molecule has 0 aromatic heterocycles. The lowest BCUT2D eigenvalue weighted by Crippen LogP contribution is -2.58. The van der Waals surface area contributed by atoms with Crippen molar-refractivity contribution in [3.8, 4) is 0 Å². The van der Waals surface area contributed by atoms with E-state index in [2.05, 4.69) is 10.6 Å². The second kappa shape index (κ2) is 8.80. The number of hydrogen-bond donors (Lipinski definition) is 2. The number of hydrogen-bond acceptors (Lipinski definition) is 3. The molecule has 1 aliphatic heterocycles. The number of halogens is 4. The topological polar surface area (TPSA) is 44.4 Å². The molecule has 0 saturated carbocycles. The van der Waals surface area contributed by atoms with Crippen LogP contribution in [-0.2, 0) is 16.6 Å². The number of amides is 1. The van der Waals surface area contributed by atoms with Gasteiger partial charge in [0.15, 0.2) is 0 Å². The molecule has 3 rings (SSSR count). The van der Waals surface area contributed by atoms with Crippen molar-refractivity contribution >= 4 is 18.3 Å². The predicted molar refractivity (Wildman–Crippen MR) is 101 cm³/mol. The molecule has 27 heavy (non-hydrogen) atoms. The molecular formula is C19H27ClF3N3O. The monoisotopic (exact) mass is 405 g/mol. The van der Waals surface area contributed by atoms with E-state index >= 15 is 0 Å². The summed E-state index contributed by atoms with van der Waals surface area (Å²) in [6.07, 6.45) is -1.94. The van der Waals surface area contributed by atoms with Crippen LogP contribution in [-0.4, -0.2) is 55.7 Å². The normalized spacial score (nSPS) is 24.4. The van der Waals surface area contributed by atoms with E-state index in [9.17, 15) is 18.0 Å². The third-order valence-electron chi connectivity index (χ3n) is 5.66. The van der Waals surface area contributed by atoms with E-state index in [4.69, 9.17) is 0 Å². The summed E-state index contributed by atoms with van der Waals surface area (Å²) in [6, 6.07) is 6.10. The van der Waals surface area contributed by atoms with Gasteiger partial charge < -0.3 is 10.6 Å². The second-order valence-corrected chi connectivity index (χ2v) is 7.40. The van der Waals surface area contributed by atoms with Crippen LogP contribution >= 0.6 is 12.4 Å². The number of alkyl halides is 3. The summed E-state index contributed by atoms with van der Waals surface area (Å²) in [7, 11) is 0. The molecule has 1 saturated heterocycles. The van der Waals surface area contributed by atoms with Crippen molar-refractivity contribution in [2.45, 2.75) is 43.8 Å². The van der Waals surface area contributed by atoms with Crippen molar-refractivity contribution < 1.29 is 18.0 Å². The van der Waals surface area contributed by atoms with Gasteiger partial charge in [-0.2, -0.15) is 13.2 Å². The minimum absolute atomic E-state index is 0. The number of rotatable bonds is 4. The highest BCUT2D eigenvalue weighted by atomic mass is 35.5. The number of nitrogens with zero attached hydrogens (tertiary/aromatic N) is 1. The van der Waals surface area contributed by atoms with Crippen LogP contribution in [0.25, 0.3) is 0 Å². The Morgan fingerprint density at radius 1 is 1.30 bits per heavy atom. The van der Waals surface area contributed by atoms with Crippen molar-refractivity contribution in [2.75, 3.05) is 32.7 Å². The highest BCUT2D eigenvalue weighted by molar-refractivity contribution is 5.88. The van der Waals surface area contributed by atoms with E-state index in [-0.39, 0.29) is 18.3 Å². The number of carbonyl (C=O) groups excluding carboxylic acids is 1. The Kier molecular flexibility index (Phi) is 7.16. The van der Waals surface area contributed by atoms with Crippen LogP contribution in [0.15, 0.2) is 24.3 Å². The molecular weight excluding hydrogens is 379 g/mol. The summed E-state index contributed by atoms with van der Waals surface area (Å²) in [5.74, 6) is -0.311. The van der Waals surface area contributed by atoms with E-state index in [0.29, 0.717) is 32.6 Å². The van der Waals surface area contributed by atoms with Crippen molar-refractivity contribution in [3.63, 3.8) is 0 Å². The average Bonchev–Trinajstić information content (AvgIpc) is 2.62.